The molecule has 2 aliphatic heterocycles. The first-order valence-electron chi connectivity index (χ1n) is 11.1. The highest BCUT2D eigenvalue weighted by molar-refractivity contribution is 6.32. The van der Waals surface area contributed by atoms with Gasteiger partial charge in [-0.15, -0.1) is 0 Å². The minimum atomic E-state index is -0.275. The van der Waals surface area contributed by atoms with Crippen molar-refractivity contribution in [3.63, 3.8) is 0 Å². The van der Waals surface area contributed by atoms with Crippen molar-refractivity contribution >= 4 is 40.9 Å². The van der Waals surface area contributed by atoms with Gasteiger partial charge in [-0.25, -0.2) is 4.39 Å². The summed E-state index contributed by atoms with van der Waals surface area (Å²) in [5.41, 5.74) is 1.96. The molecule has 0 aliphatic carbocycles. The number of ether oxygens (including phenoxy) is 2. The van der Waals surface area contributed by atoms with Crippen LogP contribution in [0.2, 0.25) is 5.02 Å². The molecule has 4 rings (SSSR count). The molecular weight excluding hydrogens is 461 g/mol. The number of anilines is 2. The van der Waals surface area contributed by atoms with Gasteiger partial charge in [0.1, 0.15) is 11.6 Å². The summed E-state index contributed by atoms with van der Waals surface area (Å²) in [5.74, 6) is -0.199. The molecular formula is C25H27ClFN3O4. The zero-order valence-corrected chi connectivity index (χ0v) is 19.8. The Balaban J connectivity index is 1.49. The Labute approximate surface area is 202 Å². The van der Waals surface area contributed by atoms with Crippen LogP contribution in [0.4, 0.5) is 15.8 Å². The van der Waals surface area contributed by atoms with Crippen molar-refractivity contribution in [3.8, 4) is 5.75 Å². The number of carbonyl (C=O) groups is 2. The van der Waals surface area contributed by atoms with Crippen LogP contribution >= 0.6 is 11.6 Å². The zero-order valence-electron chi connectivity index (χ0n) is 19.0. The summed E-state index contributed by atoms with van der Waals surface area (Å²) in [4.78, 5) is 26.7. The SMILES string of the molecule is COc1cc(/C=C/C(=O)N2[C@@H]3COC[C@H]2CC(Nc2ccc(F)cc2)C3)c(NC(C)=O)cc1Cl. The molecule has 0 spiro atoms. The average molecular weight is 488 g/mol. The van der Waals surface area contributed by atoms with Gasteiger partial charge in [0.2, 0.25) is 11.8 Å². The molecule has 2 aromatic rings. The fourth-order valence-electron chi connectivity index (χ4n) is 4.58. The predicted octanol–water partition coefficient (Wildman–Crippen LogP) is 4.33. The number of hydrogen-bond donors (Lipinski definition) is 2. The highest BCUT2D eigenvalue weighted by atomic mass is 35.5. The lowest BCUT2D eigenvalue weighted by molar-refractivity contribution is -0.145. The van der Waals surface area contributed by atoms with Crippen molar-refractivity contribution in [1.29, 1.82) is 0 Å². The number of rotatable bonds is 6. The molecule has 0 saturated carbocycles. The van der Waals surface area contributed by atoms with Crippen molar-refractivity contribution in [2.75, 3.05) is 31.0 Å². The summed E-state index contributed by atoms with van der Waals surface area (Å²) >= 11 is 6.20. The smallest absolute Gasteiger partial charge is 0.247 e. The maximum absolute atomic E-state index is 13.2. The molecule has 9 heteroatoms. The Kier molecular flexibility index (Phi) is 7.38. The second kappa shape index (κ2) is 10.4. The molecule has 2 fully saturated rings. The molecule has 1 unspecified atom stereocenters. The zero-order chi connectivity index (χ0) is 24.2. The van der Waals surface area contributed by atoms with Gasteiger partial charge < -0.3 is 25.0 Å². The third-order valence-electron chi connectivity index (χ3n) is 6.03. The van der Waals surface area contributed by atoms with Gasteiger partial charge in [-0.05, 0) is 55.3 Å². The van der Waals surface area contributed by atoms with Crippen molar-refractivity contribution < 1.29 is 23.5 Å². The minimum absolute atomic E-state index is 0.0721. The van der Waals surface area contributed by atoms with Crippen molar-refractivity contribution in [2.24, 2.45) is 0 Å². The van der Waals surface area contributed by atoms with Crippen LogP contribution < -0.4 is 15.4 Å². The number of morpholine rings is 1. The van der Waals surface area contributed by atoms with Crippen LogP contribution in [0.1, 0.15) is 25.3 Å². The Bertz CT molecular complexity index is 1080. The molecule has 180 valence electrons. The van der Waals surface area contributed by atoms with Gasteiger partial charge in [0.05, 0.1) is 37.4 Å². The maximum atomic E-state index is 13.2. The fraction of sp³-hybridized carbons (Fsp3) is 0.360. The maximum Gasteiger partial charge on any atom is 0.247 e. The summed E-state index contributed by atoms with van der Waals surface area (Å²) in [5, 5.41) is 6.55. The summed E-state index contributed by atoms with van der Waals surface area (Å²) in [6, 6.07) is 9.58. The van der Waals surface area contributed by atoms with Crippen LogP contribution in [0.3, 0.4) is 0 Å². The first-order valence-corrected chi connectivity index (χ1v) is 11.5. The van der Waals surface area contributed by atoms with E-state index in [-0.39, 0.29) is 35.8 Å². The molecule has 0 radical (unpaired) electrons. The number of methoxy groups -OCH3 is 1. The number of piperidine rings is 1. The van der Waals surface area contributed by atoms with Gasteiger partial charge in [-0.3, -0.25) is 9.59 Å². The summed E-state index contributed by atoms with van der Waals surface area (Å²) in [6.45, 7) is 2.33. The van der Waals surface area contributed by atoms with E-state index in [9.17, 15) is 14.0 Å². The molecule has 2 saturated heterocycles. The van der Waals surface area contributed by atoms with Gasteiger partial charge in [0.15, 0.2) is 0 Å². The molecule has 2 bridgehead atoms. The van der Waals surface area contributed by atoms with E-state index >= 15 is 0 Å². The topological polar surface area (TPSA) is 79.9 Å². The monoisotopic (exact) mass is 487 g/mol. The van der Waals surface area contributed by atoms with Gasteiger partial charge in [0.25, 0.3) is 0 Å². The third kappa shape index (κ3) is 5.51. The largest absolute Gasteiger partial charge is 0.495 e. The van der Waals surface area contributed by atoms with E-state index in [2.05, 4.69) is 10.6 Å². The van der Waals surface area contributed by atoms with E-state index in [4.69, 9.17) is 21.1 Å². The highest BCUT2D eigenvalue weighted by Gasteiger charge is 2.40. The fourth-order valence-corrected chi connectivity index (χ4v) is 4.82. The Morgan fingerprint density at radius 2 is 1.85 bits per heavy atom. The Morgan fingerprint density at radius 3 is 2.47 bits per heavy atom. The highest BCUT2D eigenvalue weighted by Crippen LogP contribution is 2.33. The molecule has 2 aliphatic rings. The molecule has 34 heavy (non-hydrogen) atoms. The van der Waals surface area contributed by atoms with E-state index in [1.807, 2.05) is 4.90 Å². The Morgan fingerprint density at radius 1 is 1.18 bits per heavy atom. The quantitative estimate of drug-likeness (QED) is 0.593. The van der Waals surface area contributed by atoms with E-state index in [0.717, 1.165) is 18.5 Å². The molecule has 2 heterocycles. The molecule has 2 amide bonds. The van der Waals surface area contributed by atoms with E-state index in [1.165, 1.54) is 32.2 Å². The van der Waals surface area contributed by atoms with Crippen LogP contribution in [-0.2, 0) is 14.3 Å². The number of amides is 2. The van der Waals surface area contributed by atoms with E-state index in [1.54, 1.807) is 30.3 Å². The number of fused-ring (bicyclic) bond motifs is 2. The molecule has 2 N–H and O–H groups in total. The van der Waals surface area contributed by atoms with Crippen molar-refractivity contribution in [1.82, 2.24) is 4.90 Å². The first-order chi connectivity index (χ1) is 16.3. The van der Waals surface area contributed by atoms with Crippen LogP contribution in [0, 0.1) is 5.82 Å². The number of nitrogens with one attached hydrogen (secondary N) is 2. The second-order valence-corrected chi connectivity index (χ2v) is 8.91. The number of carbonyl (C=O) groups excluding carboxylic acids is 2. The van der Waals surface area contributed by atoms with E-state index < -0.39 is 0 Å². The molecule has 0 aromatic heterocycles. The lowest BCUT2D eigenvalue weighted by Gasteiger charge is -2.48. The van der Waals surface area contributed by atoms with E-state index in [0.29, 0.717) is 35.2 Å². The number of benzene rings is 2. The van der Waals surface area contributed by atoms with Crippen molar-refractivity contribution in [3.05, 3.63) is 58.9 Å². The van der Waals surface area contributed by atoms with Crippen LogP contribution in [0.15, 0.2) is 42.5 Å². The third-order valence-corrected chi connectivity index (χ3v) is 6.33. The van der Waals surface area contributed by atoms with Gasteiger partial charge >= 0.3 is 0 Å². The van der Waals surface area contributed by atoms with Gasteiger partial charge in [-0.1, -0.05) is 11.6 Å². The van der Waals surface area contributed by atoms with Crippen molar-refractivity contribution in [2.45, 2.75) is 37.9 Å². The van der Waals surface area contributed by atoms with Crippen LogP contribution in [-0.4, -0.2) is 55.2 Å². The average Bonchev–Trinajstić information content (AvgIpc) is 2.79. The minimum Gasteiger partial charge on any atom is -0.495 e. The number of halogens is 2. The normalized spacial score (nSPS) is 21.9. The standard InChI is InChI=1S/C25H27ClFN3O4/c1-15(31)28-23-12-22(26)24(33-2)9-16(23)3-8-25(32)30-20-10-19(11-21(30)14-34-13-20)29-18-6-4-17(27)5-7-18/h3-9,12,19-21,29H,10-11,13-14H2,1-2H3,(H,28,31)/b8-3+/t19?,20-,21+. The summed E-state index contributed by atoms with van der Waals surface area (Å²) in [6.07, 6.45) is 4.61. The number of hydrogen-bond acceptors (Lipinski definition) is 5. The van der Waals surface area contributed by atoms with Gasteiger partial charge in [-0.2, -0.15) is 0 Å². The lowest BCUT2D eigenvalue weighted by Crippen LogP contribution is -2.60. The lowest BCUT2D eigenvalue weighted by atomic mass is 9.89. The second-order valence-electron chi connectivity index (χ2n) is 8.50. The molecule has 2 aromatic carbocycles. The first kappa shape index (κ1) is 24.0. The molecule has 3 atom stereocenters. The summed E-state index contributed by atoms with van der Waals surface area (Å²) in [7, 11) is 1.50. The Hall–Kier alpha value is -3.10. The summed E-state index contributed by atoms with van der Waals surface area (Å²) < 4.78 is 24.2. The van der Waals surface area contributed by atoms with Crippen LogP contribution in [0.5, 0.6) is 5.75 Å². The number of nitrogens with zero attached hydrogens (tertiary/aromatic N) is 1. The predicted molar refractivity (Wildman–Crippen MR) is 130 cm³/mol. The van der Waals surface area contributed by atoms with Crippen LogP contribution in [0.25, 0.3) is 6.08 Å². The van der Waals surface area contributed by atoms with Gasteiger partial charge in [0, 0.05) is 36.0 Å². The molecule has 7 nitrogen and oxygen atoms in total.